The van der Waals surface area contributed by atoms with Gasteiger partial charge in [0.2, 0.25) is 0 Å². The van der Waals surface area contributed by atoms with Crippen LogP contribution in [0.1, 0.15) is 117 Å². The Balaban J connectivity index is 4.07. The lowest BCUT2D eigenvalue weighted by molar-refractivity contribution is -0.137. The van der Waals surface area contributed by atoms with Gasteiger partial charge in [0.15, 0.2) is 0 Å². The van der Waals surface area contributed by atoms with Crippen molar-refractivity contribution < 1.29 is 19.8 Å². The maximum atomic E-state index is 10.7. The molecule has 4 nitrogen and oxygen atoms in total. The van der Waals surface area contributed by atoms with Crippen molar-refractivity contribution in [2.24, 2.45) is 11.8 Å². The van der Waals surface area contributed by atoms with Gasteiger partial charge in [-0.15, -0.1) is 0 Å². The van der Waals surface area contributed by atoms with Gasteiger partial charge >= 0.3 is 5.97 Å². The van der Waals surface area contributed by atoms with E-state index < -0.39 is 5.97 Å². The van der Waals surface area contributed by atoms with Crippen molar-refractivity contribution in [2.75, 3.05) is 6.61 Å². The minimum Gasteiger partial charge on any atom is -0.481 e. The molecule has 0 radical (unpaired) electrons. The molecule has 0 aliphatic rings. The second kappa shape index (κ2) is 20.1. The molecule has 0 aliphatic heterocycles. The minimum atomic E-state index is -0.680. The lowest BCUT2D eigenvalue weighted by Crippen LogP contribution is -2.06. The van der Waals surface area contributed by atoms with E-state index >= 15 is 0 Å². The van der Waals surface area contributed by atoms with Gasteiger partial charge in [-0.3, -0.25) is 4.79 Å². The predicted octanol–water partition coefficient (Wildman–Crippen LogP) is 6.70. The number of allylic oxidation sites excluding steroid dienone is 2. The molecule has 170 valence electrons. The molecule has 0 saturated heterocycles. The summed E-state index contributed by atoms with van der Waals surface area (Å²) >= 11 is 0. The highest BCUT2D eigenvalue weighted by Gasteiger charge is 2.12. The third kappa shape index (κ3) is 16.3. The number of aldehydes is 1. The number of rotatable bonds is 21. The van der Waals surface area contributed by atoms with E-state index in [1.165, 1.54) is 44.9 Å². The maximum Gasteiger partial charge on any atom is 0.303 e. The van der Waals surface area contributed by atoms with Crippen molar-refractivity contribution in [2.45, 2.75) is 117 Å². The minimum absolute atomic E-state index is 0.0206. The van der Waals surface area contributed by atoms with Gasteiger partial charge in [0.25, 0.3) is 0 Å². The fourth-order valence-corrected chi connectivity index (χ4v) is 4.05. The van der Waals surface area contributed by atoms with Crippen molar-refractivity contribution in [3.63, 3.8) is 0 Å². The summed E-state index contributed by atoms with van der Waals surface area (Å²) in [5.41, 5.74) is 1.62. The van der Waals surface area contributed by atoms with Crippen molar-refractivity contribution in [1.29, 1.82) is 0 Å². The molecule has 0 aliphatic carbocycles. The van der Waals surface area contributed by atoms with E-state index in [9.17, 15) is 9.59 Å². The van der Waals surface area contributed by atoms with Gasteiger partial charge < -0.3 is 15.0 Å². The molecule has 0 aromatic carbocycles. The van der Waals surface area contributed by atoms with Gasteiger partial charge in [0.05, 0.1) is 6.61 Å². The van der Waals surface area contributed by atoms with Crippen LogP contribution in [0.3, 0.4) is 0 Å². The molecule has 0 rings (SSSR count). The molecule has 0 bridgehead atoms. The summed E-state index contributed by atoms with van der Waals surface area (Å²) in [4.78, 5) is 21.2. The molecule has 0 amide bonds. The van der Waals surface area contributed by atoms with Gasteiger partial charge in [-0.25, -0.2) is 0 Å². The van der Waals surface area contributed by atoms with Crippen molar-refractivity contribution >= 4 is 12.3 Å². The van der Waals surface area contributed by atoms with Crippen LogP contribution in [0.2, 0.25) is 0 Å². The Morgan fingerprint density at radius 2 is 1.48 bits per heavy atom. The van der Waals surface area contributed by atoms with Crippen LogP contribution in [-0.4, -0.2) is 29.1 Å². The molecular formula is C25H46O4. The topological polar surface area (TPSA) is 74.6 Å². The summed E-state index contributed by atoms with van der Waals surface area (Å²) in [5.74, 6) is -0.142. The summed E-state index contributed by atoms with van der Waals surface area (Å²) < 4.78 is 0. The number of hydrogen-bond donors (Lipinski definition) is 2. The molecule has 2 unspecified atom stereocenters. The highest BCUT2D eigenvalue weighted by atomic mass is 16.4. The third-order valence-electron chi connectivity index (χ3n) is 5.88. The number of carbonyl (C=O) groups excluding carboxylic acids is 1. The molecule has 2 atom stereocenters. The van der Waals surface area contributed by atoms with E-state index in [1.54, 1.807) is 5.57 Å². The monoisotopic (exact) mass is 410 g/mol. The van der Waals surface area contributed by atoms with Crippen LogP contribution >= 0.6 is 0 Å². The maximum absolute atomic E-state index is 10.7. The van der Waals surface area contributed by atoms with E-state index in [2.05, 4.69) is 19.9 Å². The van der Waals surface area contributed by atoms with Crippen molar-refractivity contribution in [1.82, 2.24) is 0 Å². The number of aliphatic hydroxyl groups excluding tert-OH is 1. The number of carbonyl (C=O) groups is 2. The Bertz CT molecular complexity index is 431. The van der Waals surface area contributed by atoms with Crippen LogP contribution < -0.4 is 0 Å². The van der Waals surface area contributed by atoms with E-state index in [-0.39, 0.29) is 12.5 Å². The first kappa shape index (κ1) is 27.8. The Morgan fingerprint density at radius 3 is 2.07 bits per heavy atom. The van der Waals surface area contributed by atoms with Gasteiger partial charge in [-0.1, -0.05) is 76.9 Å². The summed E-state index contributed by atoms with van der Waals surface area (Å²) in [6, 6.07) is 0. The molecule has 0 fully saturated rings. The standard InChI is InChI=1S/C25H46O4/c1-3-15-24(18-13-9-6-10-14-19-25(28)29)23(4-2)17-12-8-5-7-11-16-22(20-26)21-27/h17,20,22,24,27H,3-16,18-19,21H2,1-2H3,(H,28,29). The Hall–Kier alpha value is -1.16. The average molecular weight is 411 g/mol. The molecule has 29 heavy (non-hydrogen) atoms. The summed E-state index contributed by atoms with van der Waals surface area (Å²) in [7, 11) is 0. The second-order valence-electron chi connectivity index (χ2n) is 8.39. The first-order valence-electron chi connectivity index (χ1n) is 12.1. The summed E-state index contributed by atoms with van der Waals surface area (Å²) in [6.45, 7) is 4.52. The zero-order valence-electron chi connectivity index (χ0n) is 19.0. The largest absolute Gasteiger partial charge is 0.481 e. The van der Waals surface area contributed by atoms with Crippen LogP contribution in [-0.2, 0) is 9.59 Å². The number of carboxylic acids is 1. The summed E-state index contributed by atoms with van der Waals surface area (Å²) in [6.07, 6.45) is 20.5. The molecule has 0 aromatic heterocycles. The number of aliphatic hydroxyl groups is 1. The van der Waals surface area contributed by atoms with Gasteiger partial charge in [0.1, 0.15) is 6.29 Å². The quantitative estimate of drug-likeness (QED) is 0.125. The van der Waals surface area contributed by atoms with Gasteiger partial charge in [-0.2, -0.15) is 0 Å². The lowest BCUT2D eigenvalue weighted by Gasteiger charge is -2.19. The van der Waals surface area contributed by atoms with Crippen LogP contribution in [0, 0.1) is 11.8 Å². The third-order valence-corrected chi connectivity index (χ3v) is 5.88. The van der Waals surface area contributed by atoms with Gasteiger partial charge in [0, 0.05) is 12.3 Å². The Kier molecular flexibility index (Phi) is 19.3. The first-order chi connectivity index (χ1) is 14.1. The number of carboxylic acid groups (broad SMARTS) is 1. The highest BCUT2D eigenvalue weighted by molar-refractivity contribution is 5.66. The van der Waals surface area contributed by atoms with Crippen molar-refractivity contribution in [3.05, 3.63) is 11.6 Å². The molecule has 0 spiro atoms. The molecule has 0 aromatic rings. The van der Waals surface area contributed by atoms with E-state index in [4.69, 9.17) is 10.2 Å². The molecule has 4 heteroatoms. The zero-order chi connectivity index (χ0) is 21.7. The first-order valence-corrected chi connectivity index (χ1v) is 12.1. The van der Waals surface area contributed by atoms with Crippen LogP contribution in [0.4, 0.5) is 0 Å². The second-order valence-corrected chi connectivity index (χ2v) is 8.39. The van der Waals surface area contributed by atoms with Crippen LogP contribution in [0.15, 0.2) is 11.6 Å². The van der Waals surface area contributed by atoms with Crippen molar-refractivity contribution in [3.8, 4) is 0 Å². The molecule has 0 heterocycles. The Labute approximate surface area is 179 Å². The van der Waals surface area contributed by atoms with E-state index in [0.29, 0.717) is 12.3 Å². The van der Waals surface area contributed by atoms with E-state index in [1.807, 2.05) is 0 Å². The number of aliphatic carboxylic acids is 1. The van der Waals surface area contributed by atoms with Crippen LogP contribution in [0.25, 0.3) is 0 Å². The highest BCUT2D eigenvalue weighted by Crippen LogP contribution is 2.27. The molecule has 0 saturated carbocycles. The number of unbranched alkanes of at least 4 members (excludes halogenated alkanes) is 8. The van der Waals surface area contributed by atoms with Crippen LogP contribution in [0.5, 0.6) is 0 Å². The SMILES string of the molecule is CCCC(CCCCCCCC(=O)O)C(=CCCCCCCC(C=O)CO)CC. The molecular weight excluding hydrogens is 364 g/mol. The average Bonchev–Trinajstić information content (AvgIpc) is 2.71. The fraction of sp³-hybridized carbons (Fsp3) is 0.840. The zero-order valence-corrected chi connectivity index (χ0v) is 19.0. The lowest BCUT2D eigenvalue weighted by atomic mass is 9.86. The van der Waals surface area contributed by atoms with Gasteiger partial charge in [-0.05, 0) is 50.9 Å². The smallest absolute Gasteiger partial charge is 0.303 e. The normalized spacial score (nSPS) is 14.0. The predicted molar refractivity (Wildman–Crippen MR) is 121 cm³/mol. The number of hydrogen-bond acceptors (Lipinski definition) is 3. The fourth-order valence-electron chi connectivity index (χ4n) is 4.05. The molecule has 2 N–H and O–H groups in total. The Morgan fingerprint density at radius 1 is 0.862 bits per heavy atom. The van der Waals surface area contributed by atoms with E-state index in [0.717, 1.165) is 57.7 Å². The summed E-state index contributed by atoms with van der Waals surface area (Å²) in [5, 5.41) is 17.7.